The normalized spacial score (nSPS) is 11.3. The first kappa shape index (κ1) is 13.6. The average molecular weight is 285 g/mol. The molecular weight excluding hydrogens is 266 g/mol. The lowest BCUT2D eigenvalue weighted by Crippen LogP contribution is -2.07. The molecule has 0 bridgehead atoms. The van der Waals surface area contributed by atoms with E-state index in [0.717, 1.165) is 54.2 Å². The molecule has 0 fully saturated rings. The average Bonchev–Trinajstić information content (AvgIpc) is 3.00. The third-order valence-electron chi connectivity index (χ3n) is 3.45. The van der Waals surface area contributed by atoms with Gasteiger partial charge in [-0.3, -0.25) is 0 Å². The monoisotopic (exact) mass is 285 g/mol. The second kappa shape index (κ2) is 5.55. The molecule has 0 aliphatic carbocycles. The van der Waals surface area contributed by atoms with Gasteiger partial charge < -0.3 is 14.8 Å². The van der Waals surface area contributed by atoms with Crippen molar-refractivity contribution in [2.45, 2.75) is 39.7 Å². The molecule has 2 aromatic heterocycles. The second-order valence-electron chi connectivity index (χ2n) is 5.16. The number of aryl methyl sites for hydroxylation is 4. The number of benzene rings is 1. The molecule has 3 rings (SSSR count). The van der Waals surface area contributed by atoms with E-state index in [1.54, 1.807) is 6.92 Å². The van der Waals surface area contributed by atoms with Crippen LogP contribution in [0.15, 0.2) is 22.7 Å². The van der Waals surface area contributed by atoms with E-state index in [4.69, 9.17) is 15.2 Å². The van der Waals surface area contributed by atoms with Crippen LogP contribution in [-0.4, -0.2) is 19.7 Å². The summed E-state index contributed by atoms with van der Waals surface area (Å²) in [5.74, 6) is 2.41. The van der Waals surface area contributed by atoms with Gasteiger partial charge in [0.25, 0.3) is 0 Å². The van der Waals surface area contributed by atoms with Gasteiger partial charge in [-0.2, -0.15) is 4.98 Å². The number of nitrogens with zero attached hydrogens (tertiary/aromatic N) is 4. The fourth-order valence-electron chi connectivity index (χ4n) is 2.52. The number of rotatable bonds is 5. The molecule has 2 heterocycles. The summed E-state index contributed by atoms with van der Waals surface area (Å²) in [6.45, 7) is 4.74. The van der Waals surface area contributed by atoms with Gasteiger partial charge >= 0.3 is 0 Å². The van der Waals surface area contributed by atoms with E-state index >= 15 is 0 Å². The summed E-state index contributed by atoms with van der Waals surface area (Å²) >= 11 is 0. The third-order valence-corrected chi connectivity index (χ3v) is 3.45. The quantitative estimate of drug-likeness (QED) is 0.728. The zero-order chi connectivity index (χ0) is 14.8. The lowest BCUT2D eigenvalue weighted by atomic mass is 10.2. The van der Waals surface area contributed by atoms with Gasteiger partial charge in [0, 0.05) is 32.0 Å². The maximum atomic E-state index is 5.84. The van der Waals surface area contributed by atoms with E-state index in [1.807, 2.05) is 18.2 Å². The molecule has 6 nitrogen and oxygen atoms in total. The smallest absolute Gasteiger partial charge is 0.223 e. The van der Waals surface area contributed by atoms with Crippen molar-refractivity contribution in [1.82, 2.24) is 19.7 Å². The highest BCUT2D eigenvalue weighted by Crippen LogP contribution is 2.20. The van der Waals surface area contributed by atoms with Gasteiger partial charge in [0.2, 0.25) is 5.89 Å². The minimum atomic E-state index is 0.599. The van der Waals surface area contributed by atoms with Crippen LogP contribution in [0.5, 0.6) is 0 Å². The number of anilines is 1. The van der Waals surface area contributed by atoms with Gasteiger partial charge in [-0.15, -0.1) is 0 Å². The first-order chi connectivity index (χ1) is 10.2. The topological polar surface area (TPSA) is 82.8 Å². The molecule has 0 saturated carbocycles. The Morgan fingerprint density at radius 3 is 2.81 bits per heavy atom. The molecule has 0 saturated heterocycles. The van der Waals surface area contributed by atoms with Gasteiger partial charge in [-0.05, 0) is 24.6 Å². The largest absolute Gasteiger partial charge is 0.399 e. The molecule has 0 amide bonds. The maximum Gasteiger partial charge on any atom is 0.223 e. The Bertz CT molecular complexity index is 759. The molecule has 3 aromatic rings. The minimum absolute atomic E-state index is 0.599. The van der Waals surface area contributed by atoms with E-state index in [2.05, 4.69) is 21.6 Å². The molecular formula is C15H19N5O. The summed E-state index contributed by atoms with van der Waals surface area (Å²) in [6, 6.07) is 5.86. The summed E-state index contributed by atoms with van der Waals surface area (Å²) in [5.41, 5.74) is 8.63. The molecule has 0 radical (unpaired) electrons. The predicted octanol–water partition coefficient (Wildman–Crippen LogP) is 2.51. The van der Waals surface area contributed by atoms with Crippen molar-refractivity contribution < 1.29 is 4.52 Å². The summed E-state index contributed by atoms with van der Waals surface area (Å²) in [5, 5.41) is 3.95. The van der Waals surface area contributed by atoms with Crippen LogP contribution in [-0.2, 0) is 19.4 Å². The number of imidazole rings is 1. The van der Waals surface area contributed by atoms with Crippen LogP contribution in [0.3, 0.4) is 0 Å². The Morgan fingerprint density at radius 2 is 2.10 bits per heavy atom. The van der Waals surface area contributed by atoms with E-state index in [9.17, 15) is 0 Å². The molecule has 2 N–H and O–H groups in total. The van der Waals surface area contributed by atoms with Gasteiger partial charge in [-0.25, -0.2) is 4.98 Å². The standard InChI is InChI=1S/C15H19N5O/c1-3-4-15-18-12-9-11(16)5-6-13(12)20(15)8-7-14-17-10(2)21-19-14/h5-6,9H,3-4,7-8,16H2,1-2H3. The van der Waals surface area contributed by atoms with E-state index < -0.39 is 0 Å². The Morgan fingerprint density at radius 1 is 1.24 bits per heavy atom. The van der Waals surface area contributed by atoms with E-state index in [0.29, 0.717) is 5.89 Å². The minimum Gasteiger partial charge on any atom is -0.399 e. The highest BCUT2D eigenvalue weighted by molar-refractivity contribution is 5.79. The first-order valence-electron chi connectivity index (χ1n) is 7.21. The number of nitrogen functional groups attached to an aromatic ring is 1. The summed E-state index contributed by atoms with van der Waals surface area (Å²) in [4.78, 5) is 8.95. The lowest BCUT2D eigenvalue weighted by Gasteiger charge is -2.07. The van der Waals surface area contributed by atoms with Crippen LogP contribution in [0.2, 0.25) is 0 Å². The van der Waals surface area contributed by atoms with Crippen molar-refractivity contribution in [3.05, 3.63) is 35.7 Å². The first-order valence-corrected chi connectivity index (χ1v) is 7.21. The summed E-state index contributed by atoms with van der Waals surface area (Å²) in [7, 11) is 0. The SMILES string of the molecule is CCCc1nc2cc(N)ccc2n1CCc1noc(C)n1. The number of aromatic nitrogens is 4. The molecule has 1 aromatic carbocycles. The highest BCUT2D eigenvalue weighted by Gasteiger charge is 2.11. The van der Waals surface area contributed by atoms with Crippen LogP contribution < -0.4 is 5.73 Å². The van der Waals surface area contributed by atoms with Gasteiger partial charge in [-0.1, -0.05) is 12.1 Å². The molecule has 0 aliphatic heterocycles. The number of hydrogen-bond donors (Lipinski definition) is 1. The van der Waals surface area contributed by atoms with Gasteiger partial charge in [0.15, 0.2) is 5.82 Å². The fourth-order valence-corrected chi connectivity index (χ4v) is 2.52. The zero-order valence-electron chi connectivity index (χ0n) is 12.3. The van der Waals surface area contributed by atoms with Crippen molar-refractivity contribution in [2.24, 2.45) is 0 Å². The van der Waals surface area contributed by atoms with Crippen molar-refractivity contribution in [3.8, 4) is 0 Å². The molecule has 6 heteroatoms. The Hall–Kier alpha value is -2.37. The van der Waals surface area contributed by atoms with Crippen LogP contribution in [0.25, 0.3) is 11.0 Å². The van der Waals surface area contributed by atoms with E-state index in [1.165, 1.54) is 0 Å². The zero-order valence-corrected chi connectivity index (χ0v) is 12.3. The van der Waals surface area contributed by atoms with Crippen molar-refractivity contribution in [3.63, 3.8) is 0 Å². The Balaban J connectivity index is 1.92. The molecule has 21 heavy (non-hydrogen) atoms. The van der Waals surface area contributed by atoms with Crippen molar-refractivity contribution >= 4 is 16.7 Å². The van der Waals surface area contributed by atoms with Crippen LogP contribution in [0, 0.1) is 6.92 Å². The molecule has 0 atom stereocenters. The number of hydrogen-bond acceptors (Lipinski definition) is 5. The van der Waals surface area contributed by atoms with Crippen molar-refractivity contribution in [1.29, 1.82) is 0 Å². The highest BCUT2D eigenvalue weighted by atomic mass is 16.5. The van der Waals surface area contributed by atoms with Crippen LogP contribution >= 0.6 is 0 Å². The number of nitrogens with two attached hydrogens (primary N) is 1. The van der Waals surface area contributed by atoms with Gasteiger partial charge in [0.1, 0.15) is 5.82 Å². The Labute approximate surface area is 123 Å². The van der Waals surface area contributed by atoms with Crippen LogP contribution in [0.1, 0.15) is 30.9 Å². The molecule has 110 valence electrons. The summed E-state index contributed by atoms with van der Waals surface area (Å²) in [6.07, 6.45) is 2.73. The van der Waals surface area contributed by atoms with Crippen LogP contribution in [0.4, 0.5) is 5.69 Å². The fraction of sp³-hybridized carbons (Fsp3) is 0.400. The van der Waals surface area contributed by atoms with E-state index in [-0.39, 0.29) is 0 Å². The Kier molecular flexibility index (Phi) is 3.60. The molecule has 0 spiro atoms. The maximum absolute atomic E-state index is 5.84. The third kappa shape index (κ3) is 2.74. The lowest BCUT2D eigenvalue weighted by molar-refractivity contribution is 0.386. The summed E-state index contributed by atoms with van der Waals surface area (Å²) < 4.78 is 7.24. The second-order valence-corrected chi connectivity index (χ2v) is 5.16. The molecule has 0 aliphatic rings. The van der Waals surface area contributed by atoms with Crippen molar-refractivity contribution in [2.75, 3.05) is 5.73 Å². The molecule has 0 unspecified atom stereocenters. The number of fused-ring (bicyclic) bond motifs is 1. The van der Waals surface area contributed by atoms with Gasteiger partial charge in [0.05, 0.1) is 11.0 Å². The predicted molar refractivity (Wildman–Crippen MR) is 80.9 cm³/mol.